The SMILES string of the molecule is CCC[C@@H](c1ccc(C=O)cc1)[C@H](C(=O)Nc1ccc(-c2c(C)cc(C)cc2C)cc1)c1ccc(OC(F)(F)F)cc1. The Bertz CT molecular complexity index is 1500. The molecule has 0 unspecified atom stereocenters. The minimum absolute atomic E-state index is 0.284. The van der Waals surface area contributed by atoms with Gasteiger partial charge in [-0.05, 0) is 90.8 Å². The van der Waals surface area contributed by atoms with E-state index in [4.69, 9.17) is 0 Å². The molecule has 0 saturated heterocycles. The Hall–Kier alpha value is -4.39. The molecule has 2 atom stereocenters. The maximum atomic E-state index is 14.0. The van der Waals surface area contributed by atoms with E-state index in [1.165, 1.54) is 41.0 Å². The Morgan fingerprint density at radius 3 is 1.95 bits per heavy atom. The third-order valence-electron chi connectivity index (χ3n) is 7.38. The van der Waals surface area contributed by atoms with Crippen LogP contribution >= 0.6 is 0 Å². The first kappa shape index (κ1) is 30.6. The highest BCUT2D eigenvalue weighted by Gasteiger charge is 2.33. The van der Waals surface area contributed by atoms with Crippen LogP contribution in [0.4, 0.5) is 18.9 Å². The number of halogens is 3. The minimum atomic E-state index is -4.81. The second-order valence-corrected chi connectivity index (χ2v) is 10.6. The van der Waals surface area contributed by atoms with Gasteiger partial charge in [0.05, 0.1) is 5.92 Å². The molecule has 0 heterocycles. The molecule has 4 aromatic rings. The van der Waals surface area contributed by atoms with Crippen molar-refractivity contribution in [2.45, 2.75) is 58.7 Å². The van der Waals surface area contributed by atoms with E-state index in [2.05, 4.69) is 43.0 Å². The van der Waals surface area contributed by atoms with Crippen molar-refractivity contribution in [3.05, 3.63) is 118 Å². The molecule has 42 heavy (non-hydrogen) atoms. The summed E-state index contributed by atoms with van der Waals surface area (Å²) in [7, 11) is 0. The van der Waals surface area contributed by atoms with Crippen molar-refractivity contribution in [1.29, 1.82) is 0 Å². The number of alkyl halides is 3. The van der Waals surface area contributed by atoms with Gasteiger partial charge in [0.2, 0.25) is 5.91 Å². The zero-order valence-corrected chi connectivity index (χ0v) is 24.1. The van der Waals surface area contributed by atoms with Crippen molar-refractivity contribution in [2.24, 2.45) is 0 Å². The van der Waals surface area contributed by atoms with Crippen LogP contribution in [0.2, 0.25) is 0 Å². The molecular weight excluding hydrogens is 539 g/mol. The molecule has 1 amide bonds. The molecule has 0 aliphatic heterocycles. The first-order valence-electron chi connectivity index (χ1n) is 13.9. The maximum absolute atomic E-state index is 14.0. The fraction of sp³-hybridized carbons (Fsp3) is 0.257. The third-order valence-corrected chi connectivity index (χ3v) is 7.38. The Labute approximate surface area is 244 Å². The number of carbonyl (C=O) groups excluding carboxylic acids is 2. The highest BCUT2D eigenvalue weighted by molar-refractivity contribution is 5.97. The van der Waals surface area contributed by atoms with Crippen molar-refractivity contribution in [3.63, 3.8) is 0 Å². The lowest BCUT2D eigenvalue weighted by Crippen LogP contribution is -2.27. The van der Waals surface area contributed by atoms with Gasteiger partial charge in [-0.3, -0.25) is 9.59 Å². The molecule has 0 aromatic heterocycles. The number of aryl methyl sites for hydroxylation is 3. The normalized spacial score (nSPS) is 12.8. The summed E-state index contributed by atoms with van der Waals surface area (Å²) >= 11 is 0. The molecule has 7 heteroatoms. The number of hydrogen-bond acceptors (Lipinski definition) is 3. The Morgan fingerprint density at radius 1 is 0.857 bits per heavy atom. The van der Waals surface area contributed by atoms with Gasteiger partial charge in [-0.15, -0.1) is 13.2 Å². The summed E-state index contributed by atoms with van der Waals surface area (Å²) in [6.07, 6.45) is -2.65. The van der Waals surface area contributed by atoms with Crippen molar-refractivity contribution < 1.29 is 27.5 Å². The van der Waals surface area contributed by atoms with Gasteiger partial charge in [0.1, 0.15) is 12.0 Å². The van der Waals surface area contributed by atoms with Crippen LogP contribution in [0.3, 0.4) is 0 Å². The van der Waals surface area contributed by atoms with E-state index in [0.717, 1.165) is 29.4 Å². The topological polar surface area (TPSA) is 55.4 Å². The Balaban J connectivity index is 1.68. The van der Waals surface area contributed by atoms with E-state index in [1.54, 1.807) is 12.1 Å². The molecule has 0 spiro atoms. The van der Waals surface area contributed by atoms with Gasteiger partial charge < -0.3 is 10.1 Å². The van der Waals surface area contributed by atoms with Gasteiger partial charge in [0.15, 0.2) is 0 Å². The molecule has 0 aliphatic carbocycles. The van der Waals surface area contributed by atoms with Crippen molar-refractivity contribution in [1.82, 2.24) is 0 Å². The summed E-state index contributed by atoms with van der Waals surface area (Å²) < 4.78 is 42.4. The van der Waals surface area contributed by atoms with E-state index in [0.29, 0.717) is 23.2 Å². The third kappa shape index (κ3) is 7.46. The summed E-state index contributed by atoms with van der Waals surface area (Å²) in [6, 6.07) is 24.5. The quantitative estimate of drug-likeness (QED) is 0.192. The van der Waals surface area contributed by atoms with Gasteiger partial charge >= 0.3 is 6.36 Å². The molecule has 0 fully saturated rings. The second kappa shape index (κ2) is 13.1. The molecule has 0 saturated carbocycles. The molecule has 0 radical (unpaired) electrons. The highest BCUT2D eigenvalue weighted by Crippen LogP contribution is 2.39. The van der Waals surface area contributed by atoms with E-state index in [9.17, 15) is 22.8 Å². The van der Waals surface area contributed by atoms with Gasteiger partial charge in [-0.2, -0.15) is 0 Å². The van der Waals surface area contributed by atoms with Crippen LogP contribution in [-0.4, -0.2) is 18.6 Å². The van der Waals surface area contributed by atoms with E-state index in [-0.39, 0.29) is 17.6 Å². The van der Waals surface area contributed by atoms with Crippen LogP contribution < -0.4 is 10.1 Å². The summed E-state index contributed by atoms with van der Waals surface area (Å²) in [5.41, 5.74) is 8.28. The van der Waals surface area contributed by atoms with E-state index in [1.807, 2.05) is 43.3 Å². The van der Waals surface area contributed by atoms with Gasteiger partial charge in [-0.1, -0.05) is 79.6 Å². The number of carbonyl (C=O) groups is 2. The number of benzene rings is 4. The Kier molecular flexibility index (Phi) is 9.51. The summed E-state index contributed by atoms with van der Waals surface area (Å²) in [4.78, 5) is 25.2. The lowest BCUT2D eigenvalue weighted by Gasteiger charge is -2.28. The van der Waals surface area contributed by atoms with E-state index >= 15 is 0 Å². The Morgan fingerprint density at radius 2 is 1.43 bits per heavy atom. The zero-order valence-electron chi connectivity index (χ0n) is 24.1. The van der Waals surface area contributed by atoms with Gasteiger partial charge in [0, 0.05) is 11.3 Å². The molecule has 0 bridgehead atoms. The number of aldehydes is 1. The number of rotatable bonds is 10. The smallest absolute Gasteiger partial charge is 0.406 e. The van der Waals surface area contributed by atoms with Crippen molar-refractivity contribution >= 4 is 17.9 Å². The maximum Gasteiger partial charge on any atom is 0.573 e. The molecule has 4 aromatic carbocycles. The largest absolute Gasteiger partial charge is 0.573 e. The van der Waals surface area contributed by atoms with Gasteiger partial charge in [0.25, 0.3) is 0 Å². The van der Waals surface area contributed by atoms with Crippen LogP contribution in [-0.2, 0) is 4.79 Å². The molecule has 4 rings (SSSR count). The average molecular weight is 574 g/mol. The minimum Gasteiger partial charge on any atom is -0.406 e. The van der Waals surface area contributed by atoms with Crippen molar-refractivity contribution in [3.8, 4) is 16.9 Å². The molecule has 0 aliphatic rings. The number of amides is 1. The van der Waals surface area contributed by atoms with E-state index < -0.39 is 12.3 Å². The lowest BCUT2D eigenvalue weighted by atomic mass is 9.78. The lowest BCUT2D eigenvalue weighted by molar-refractivity contribution is -0.274. The predicted octanol–water partition coefficient (Wildman–Crippen LogP) is 9.30. The number of anilines is 1. The fourth-order valence-electron chi connectivity index (χ4n) is 5.68. The van der Waals surface area contributed by atoms with Crippen LogP contribution in [0, 0.1) is 20.8 Å². The summed E-state index contributed by atoms with van der Waals surface area (Å²) in [6.45, 7) is 8.24. The second-order valence-electron chi connectivity index (χ2n) is 10.6. The highest BCUT2D eigenvalue weighted by atomic mass is 19.4. The average Bonchev–Trinajstić information content (AvgIpc) is 2.93. The van der Waals surface area contributed by atoms with Crippen LogP contribution in [0.25, 0.3) is 11.1 Å². The van der Waals surface area contributed by atoms with Crippen LogP contribution in [0.5, 0.6) is 5.75 Å². The number of ether oxygens (including phenoxy) is 1. The summed E-state index contributed by atoms with van der Waals surface area (Å²) in [5, 5.41) is 3.04. The first-order valence-corrected chi connectivity index (χ1v) is 13.9. The number of nitrogens with one attached hydrogen (secondary N) is 1. The zero-order chi connectivity index (χ0) is 30.4. The van der Waals surface area contributed by atoms with Gasteiger partial charge in [-0.25, -0.2) is 0 Å². The monoisotopic (exact) mass is 573 g/mol. The fourth-order valence-corrected chi connectivity index (χ4v) is 5.68. The molecular formula is C35H34F3NO3. The summed E-state index contributed by atoms with van der Waals surface area (Å²) in [5.74, 6) is -1.65. The predicted molar refractivity (Wildman–Crippen MR) is 160 cm³/mol. The number of hydrogen-bond donors (Lipinski definition) is 1. The van der Waals surface area contributed by atoms with Crippen LogP contribution in [0.15, 0.2) is 84.9 Å². The molecule has 1 N–H and O–H groups in total. The van der Waals surface area contributed by atoms with Crippen molar-refractivity contribution in [2.75, 3.05) is 5.32 Å². The first-order chi connectivity index (χ1) is 20.0. The molecule has 218 valence electrons. The standard InChI is InChI=1S/C35H34F3NO3/c1-5-6-31(26-9-7-25(21-40)8-10-26)33(28-13-17-30(18-14-28)42-35(36,37)38)34(41)39-29-15-11-27(12-16-29)32-23(3)19-22(2)20-24(32)4/h7-21,31,33H,5-6H2,1-4H3,(H,39,41)/t31-,33+/m0/s1. The molecule has 4 nitrogen and oxygen atoms in total. The van der Waals surface area contributed by atoms with Crippen LogP contribution in [0.1, 0.15) is 69.8 Å².